The van der Waals surface area contributed by atoms with Gasteiger partial charge in [-0.3, -0.25) is 0 Å². The molecule has 1 aliphatic carbocycles. The number of rotatable bonds is 2. The Kier molecular flexibility index (Phi) is 3.45. The molecule has 0 amide bonds. The van der Waals surface area contributed by atoms with Crippen molar-refractivity contribution in [1.29, 1.82) is 0 Å². The van der Waals surface area contributed by atoms with Crippen molar-refractivity contribution in [3.63, 3.8) is 0 Å². The third-order valence-corrected chi connectivity index (χ3v) is 4.02. The molecule has 0 bridgehead atoms. The van der Waals surface area contributed by atoms with Crippen molar-refractivity contribution in [3.8, 4) is 0 Å². The van der Waals surface area contributed by atoms with E-state index >= 15 is 0 Å². The van der Waals surface area contributed by atoms with E-state index in [1.807, 2.05) is 7.11 Å². The molecule has 82 valence electrons. The highest BCUT2D eigenvalue weighted by molar-refractivity contribution is 4.90. The van der Waals surface area contributed by atoms with E-state index in [-0.39, 0.29) is 0 Å². The molecule has 0 aromatic rings. The van der Waals surface area contributed by atoms with E-state index in [0.29, 0.717) is 6.10 Å². The van der Waals surface area contributed by atoms with Gasteiger partial charge in [-0.15, -0.1) is 0 Å². The lowest BCUT2D eigenvalue weighted by molar-refractivity contribution is 0.0475. The summed E-state index contributed by atoms with van der Waals surface area (Å²) in [7, 11) is 1.87. The molecular formula is C12H23NO. The minimum atomic E-state index is 0.526. The van der Waals surface area contributed by atoms with E-state index in [1.54, 1.807) is 0 Å². The Hall–Kier alpha value is -0.0800. The molecule has 4 unspecified atom stereocenters. The molecule has 4 atom stereocenters. The van der Waals surface area contributed by atoms with Gasteiger partial charge in [-0.05, 0) is 38.1 Å². The van der Waals surface area contributed by atoms with E-state index < -0.39 is 0 Å². The Morgan fingerprint density at radius 2 is 2.07 bits per heavy atom. The Morgan fingerprint density at radius 1 is 1.21 bits per heavy atom. The van der Waals surface area contributed by atoms with Crippen LogP contribution in [0.5, 0.6) is 0 Å². The lowest BCUT2D eigenvalue weighted by atomic mass is 9.85. The Morgan fingerprint density at radius 3 is 2.79 bits per heavy atom. The van der Waals surface area contributed by atoms with Gasteiger partial charge in [0.15, 0.2) is 0 Å². The topological polar surface area (TPSA) is 21.3 Å². The van der Waals surface area contributed by atoms with Crippen molar-refractivity contribution in [2.45, 2.75) is 51.2 Å². The highest BCUT2D eigenvalue weighted by atomic mass is 16.5. The summed E-state index contributed by atoms with van der Waals surface area (Å²) in [5.74, 6) is 1.68. The summed E-state index contributed by atoms with van der Waals surface area (Å²) in [6, 6.07) is 0.728. The van der Waals surface area contributed by atoms with Crippen LogP contribution < -0.4 is 5.32 Å². The molecule has 2 rings (SSSR count). The number of nitrogens with one attached hydrogen (secondary N) is 1. The zero-order valence-electron chi connectivity index (χ0n) is 9.46. The normalized spacial score (nSPS) is 44.1. The lowest BCUT2D eigenvalue weighted by Crippen LogP contribution is -2.45. The van der Waals surface area contributed by atoms with Gasteiger partial charge in [0.05, 0.1) is 6.10 Å². The van der Waals surface area contributed by atoms with Crippen LogP contribution >= 0.6 is 0 Å². The maximum Gasteiger partial charge on any atom is 0.0614 e. The standard InChI is InChI=1S/C12H23NO/c1-9-6-7-13-11(8-9)10-4-3-5-12(10)14-2/h9-13H,3-8H2,1-2H3. The van der Waals surface area contributed by atoms with Crippen LogP contribution in [0.15, 0.2) is 0 Å². The largest absolute Gasteiger partial charge is 0.381 e. The highest BCUT2D eigenvalue weighted by Crippen LogP contribution is 2.34. The van der Waals surface area contributed by atoms with Gasteiger partial charge < -0.3 is 10.1 Å². The molecular weight excluding hydrogens is 174 g/mol. The first-order valence-electron chi connectivity index (χ1n) is 6.07. The summed E-state index contributed by atoms with van der Waals surface area (Å²) >= 11 is 0. The predicted molar refractivity (Wildman–Crippen MR) is 58.3 cm³/mol. The number of piperidine rings is 1. The second kappa shape index (κ2) is 4.63. The molecule has 1 saturated heterocycles. The molecule has 0 spiro atoms. The number of hydrogen-bond acceptors (Lipinski definition) is 2. The van der Waals surface area contributed by atoms with E-state index in [9.17, 15) is 0 Å². The van der Waals surface area contributed by atoms with Crippen LogP contribution in [0.2, 0.25) is 0 Å². The van der Waals surface area contributed by atoms with Crippen molar-refractivity contribution in [2.24, 2.45) is 11.8 Å². The van der Waals surface area contributed by atoms with Gasteiger partial charge in [-0.25, -0.2) is 0 Å². The molecule has 0 aromatic heterocycles. The fourth-order valence-corrected chi connectivity index (χ4v) is 3.18. The fraction of sp³-hybridized carbons (Fsp3) is 1.00. The third kappa shape index (κ3) is 2.12. The van der Waals surface area contributed by atoms with Crippen LogP contribution in [0.1, 0.15) is 39.0 Å². The Balaban J connectivity index is 1.92. The van der Waals surface area contributed by atoms with Crippen LogP contribution in [0.4, 0.5) is 0 Å². The molecule has 0 radical (unpaired) electrons. The molecule has 1 aliphatic heterocycles. The van der Waals surface area contributed by atoms with Gasteiger partial charge >= 0.3 is 0 Å². The van der Waals surface area contributed by atoms with Crippen molar-refractivity contribution in [3.05, 3.63) is 0 Å². The average molecular weight is 197 g/mol. The lowest BCUT2D eigenvalue weighted by Gasteiger charge is -2.34. The zero-order chi connectivity index (χ0) is 9.97. The van der Waals surface area contributed by atoms with Gasteiger partial charge in [0.25, 0.3) is 0 Å². The number of hydrogen-bond donors (Lipinski definition) is 1. The highest BCUT2D eigenvalue weighted by Gasteiger charge is 2.35. The zero-order valence-corrected chi connectivity index (χ0v) is 9.46. The minimum absolute atomic E-state index is 0.526. The van der Waals surface area contributed by atoms with E-state index in [1.165, 1.54) is 38.6 Å². The second-order valence-corrected chi connectivity index (χ2v) is 5.06. The quantitative estimate of drug-likeness (QED) is 0.732. The molecule has 2 nitrogen and oxygen atoms in total. The first kappa shape index (κ1) is 10.4. The molecule has 1 heterocycles. The Bertz CT molecular complexity index is 183. The van der Waals surface area contributed by atoms with Crippen molar-refractivity contribution in [2.75, 3.05) is 13.7 Å². The maximum atomic E-state index is 5.57. The summed E-state index contributed by atoms with van der Waals surface area (Å²) in [5, 5.41) is 3.68. The van der Waals surface area contributed by atoms with Crippen molar-refractivity contribution >= 4 is 0 Å². The summed E-state index contributed by atoms with van der Waals surface area (Å²) < 4.78 is 5.57. The van der Waals surface area contributed by atoms with Crippen LogP contribution in [-0.4, -0.2) is 25.8 Å². The summed E-state index contributed by atoms with van der Waals surface area (Å²) in [4.78, 5) is 0. The van der Waals surface area contributed by atoms with E-state index in [0.717, 1.165) is 17.9 Å². The van der Waals surface area contributed by atoms with Gasteiger partial charge in [0, 0.05) is 19.1 Å². The number of ether oxygens (including phenoxy) is 1. The smallest absolute Gasteiger partial charge is 0.0614 e. The van der Waals surface area contributed by atoms with Gasteiger partial charge in [0.1, 0.15) is 0 Å². The number of methoxy groups -OCH3 is 1. The van der Waals surface area contributed by atoms with Gasteiger partial charge in [-0.2, -0.15) is 0 Å². The van der Waals surface area contributed by atoms with Crippen molar-refractivity contribution < 1.29 is 4.74 Å². The summed E-state index contributed by atoms with van der Waals surface area (Å²) in [6.07, 6.45) is 7.22. The van der Waals surface area contributed by atoms with Crippen molar-refractivity contribution in [1.82, 2.24) is 5.32 Å². The molecule has 2 heteroatoms. The molecule has 0 aromatic carbocycles. The molecule has 2 fully saturated rings. The summed E-state index contributed by atoms with van der Waals surface area (Å²) in [6.45, 7) is 3.59. The third-order valence-electron chi connectivity index (χ3n) is 4.02. The predicted octanol–water partition coefficient (Wildman–Crippen LogP) is 2.19. The SMILES string of the molecule is COC1CCCC1C1CC(C)CCN1. The van der Waals surface area contributed by atoms with Crippen LogP contribution in [0, 0.1) is 11.8 Å². The molecule has 14 heavy (non-hydrogen) atoms. The molecule has 1 N–H and O–H groups in total. The maximum absolute atomic E-state index is 5.57. The average Bonchev–Trinajstić information content (AvgIpc) is 2.65. The monoisotopic (exact) mass is 197 g/mol. The second-order valence-electron chi connectivity index (χ2n) is 5.06. The fourth-order valence-electron chi connectivity index (χ4n) is 3.18. The Labute approximate surface area is 87.4 Å². The van der Waals surface area contributed by atoms with E-state index in [2.05, 4.69) is 12.2 Å². The van der Waals surface area contributed by atoms with Crippen LogP contribution in [0.3, 0.4) is 0 Å². The first-order chi connectivity index (χ1) is 6.81. The van der Waals surface area contributed by atoms with Crippen LogP contribution in [0.25, 0.3) is 0 Å². The molecule has 2 aliphatic rings. The van der Waals surface area contributed by atoms with Gasteiger partial charge in [0.2, 0.25) is 0 Å². The van der Waals surface area contributed by atoms with E-state index in [4.69, 9.17) is 4.74 Å². The van der Waals surface area contributed by atoms with Crippen LogP contribution in [-0.2, 0) is 4.74 Å². The summed E-state index contributed by atoms with van der Waals surface area (Å²) in [5.41, 5.74) is 0. The first-order valence-corrected chi connectivity index (χ1v) is 6.07. The molecule has 1 saturated carbocycles. The van der Waals surface area contributed by atoms with Gasteiger partial charge in [-0.1, -0.05) is 13.3 Å². The minimum Gasteiger partial charge on any atom is -0.381 e.